The van der Waals surface area contributed by atoms with E-state index in [1.807, 2.05) is 0 Å². The number of amides is 2. The molecule has 2 aromatic heterocycles. The average molecular weight is 505 g/mol. The Morgan fingerprint density at radius 2 is 1.72 bits per heavy atom. The second-order valence-electron chi connectivity index (χ2n) is 10.1. The van der Waals surface area contributed by atoms with Gasteiger partial charge >= 0.3 is 18.2 Å². The molecule has 0 aliphatic heterocycles. The summed E-state index contributed by atoms with van der Waals surface area (Å²) >= 11 is 0. The van der Waals surface area contributed by atoms with Crippen LogP contribution in [0.2, 0.25) is 0 Å². The summed E-state index contributed by atoms with van der Waals surface area (Å²) in [6, 6.07) is 3.30. The summed E-state index contributed by atoms with van der Waals surface area (Å²) in [5.41, 5.74) is -0.673. The minimum Gasteiger partial charge on any atom is -0.464 e. The number of esters is 1. The highest BCUT2D eigenvalue weighted by atomic mass is 16.6. The van der Waals surface area contributed by atoms with Gasteiger partial charge in [-0.05, 0) is 72.9 Å². The first kappa shape index (κ1) is 28.6. The maximum atomic E-state index is 13.0. The quantitative estimate of drug-likeness (QED) is 0.286. The molecule has 11 heteroatoms. The molecule has 0 aliphatic rings. The summed E-state index contributed by atoms with van der Waals surface area (Å²) < 4.78 is 20.9. The molecule has 2 amide bonds. The van der Waals surface area contributed by atoms with Crippen molar-refractivity contribution in [3.05, 3.63) is 30.3 Å². The van der Waals surface area contributed by atoms with Gasteiger partial charge in [-0.25, -0.2) is 24.4 Å². The van der Waals surface area contributed by atoms with E-state index in [0.29, 0.717) is 37.3 Å². The molecular formula is C25H36N4O7. The molecule has 2 heterocycles. The van der Waals surface area contributed by atoms with E-state index in [4.69, 9.17) is 13.9 Å². The molecule has 0 atom stereocenters. The van der Waals surface area contributed by atoms with Gasteiger partial charge in [-0.1, -0.05) is 0 Å². The fourth-order valence-electron chi connectivity index (χ4n) is 3.00. The molecular weight excluding hydrogens is 468 g/mol. The molecule has 1 N–H and O–H groups in total. The Kier molecular flexibility index (Phi) is 9.83. The molecule has 0 spiro atoms. The number of rotatable bonds is 9. The van der Waals surface area contributed by atoms with Gasteiger partial charge in [0.1, 0.15) is 23.3 Å². The summed E-state index contributed by atoms with van der Waals surface area (Å²) in [4.78, 5) is 46.3. The largest absolute Gasteiger partial charge is 0.464 e. The number of anilines is 1. The molecule has 0 bridgehead atoms. The van der Waals surface area contributed by atoms with Gasteiger partial charge in [0.2, 0.25) is 5.89 Å². The molecule has 2 rings (SSSR count). The maximum absolute atomic E-state index is 13.0. The van der Waals surface area contributed by atoms with Gasteiger partial charge < -0.3 is 23.9 Å². The van der Waals surface area contributed by atoms with E-state index < -0.39 is 29.4 Å². The van der Waals surface area contributed by atoms with Gasteiger partial charge in [-0.2, -0.15) is 0 Å². The van der Waals surface area contributed by atoms with Crippen molar-refractivity contribution in [3.8, 4) is 11.5 Å². The zero-order chi connectivity index (χ0) is 26.9. The van der Waals surface area contributed by atoms with Crippen LogP contribution in [0.15, 0.2) is 29.0 Å². The van der Waals surface area contributed by atoms with Gasteiger partial charge in [0, 0.05) is 24.8 Å². The normalized spacial score (nSPS) is 11.5. The molecule has 0 fully saturated rings. The highest BCUT2D eigenvalue weighted by Gasteiger charge is 2.25. The van der Waals surface area contributed by atoms with E-state index in [1.165, 1.54) is 24.5 Å². The van der Waals surface area contributed by atoms with Crippen molar-refractivity contribution in [1.82, 2.24) is 15.3 Å². The first-order chi connectivity index (χ1) is 16.8. The summed E-state index contributed by atoms with van der Waals surface area (Å²) in [7, 11) is 1.26. The number of alkyl carbamates (subject to hydrolysis) is 1. The average Bonchev–Trinajstić information content (AvgIpc) is 3.26. The highest BCUT2D eigenvalue weighted by Crippen LogP contribution is 2.24. The van der Waals surface area contributed by atoms with Crippen LogP contribution in [0.4, 0.5) is 15.4 Å². The smallest absolute Gasteiger partial charge is 0.416 e. The Bertz CT molecular complexity index is 1040. The molecule has 0 aliphatic carbocycles. The molecule has 2 aromatic rings. The molecule has 0 radical (unpaired) electrons. The maximum Gasteiger partial charge on any atom is 0.416 e. The second-order valence-corrected chi connectivity index (χ2v) is 10.1. The van der Waals surface area contributed by atoms with Crippen LogP contribution < -0.4 is 10.2 Å². The Morgan fingerprint density at radius 1 is 1.03 bits per heavy atom. The number of ether oxygens (including phenoxy) is 3. The number of unbranched alkanes of at least 4 members (excludes halogenated alkanes) is 2. The number of oxazole rings is 1. The first-order valence-electron chi connectivity index (χ1n) is 11.8. The van der Waals surface area contributed by atoms with Crippen LogP contribution in [0.1, 0.15) is 71.3 Å². The van der Waals surface area contributed by atoms with E-state index in [9.17, 15) is 14.4 Å². The fourth-order valence-corrected chi connectivity index (χ4v) is 3.00. The first-order valence-corrected chi connectivity index (χ1v) is 11.8. The van der Waals surface area contributed by atoms with E-state index in [0.717, 1.165) is 6.42 Å². The van der Waals surface area contributed by atoms with Crippen molar-refractivity contribution in [2.75, 3.05) is 25.1 Å². The number of carbonyl (C=O) groups is 3. The third kappa shape index (κ3) is 9.55. The number of pyridine rings is 1. The Morgan fingerprint density at radius 3 is 2.36 bits per heavy atom. The van der Waals surface area contributed by atoms with Crippen molar-refractivity contribution in [1.29, 1.82) is 0 Å². The van der Waals surface area contributed by atoms with Crippen LogP contribution >= 0.6 is 0 Å². The lowest BCUT2D eigenvalue weighted by Gasteiger charge is -2.27. The minimum atomic E-state index is -0.692. The van der Waals surface area contributed by atoms with E-state index >= 15 is 0 Å². The van der Waals surface area contributed by atoms with Crippen molar-refractivity contribution >= 4 is 24.0 Å². The van der Waals surface area contributed by atoms with Gasteiger partial charge in [0.15, 0.2) is 5.69 Å². The summed E-state index contributed by atoms with van der Waals surface area (Å²) in [6.07, 6.45) is 3.83. The molecule has 0 unspecified atom stereocenters. The van der Waals surface area contributed by atoms with Crippen LogP contribution in [-0.2, 0) is 14.2 Å². The van der Waals surface area contributed by atoms with Crippen LogP contribution in [0.3, 0.4) is 0 Å². The highest BCUT2D eigenvalue weighted by molar-refractivity contribution is 5.88. The number of hydrogen-bond donors (Lipinski definition) is 1. The van der Waals surface area contributed by atoms with Crippen LogP contribution in [-0.4, -0.2) is 59.5 Å². The molecule has 11 nitrogen and oxygen atoms in total. The number of hydrogen-bond acceptors (Lipinski definition) is 9. The van der Waals surface area contributed by atoms with E-state index in [2.05, 4.69) is 20.0 Å². The van der Waals surface area contributed by atoms with Crippen molar-refractivity contribution in [3.63, 3.8) is 0 Å². The second kappa shape index (κ2) is 12.4. The molecule has 0 saturated carbocycles. The number of nitrogens with one attached hydrogen (secondary N) is 1. The lowest BCUT2D eigenvalue weighted by molar-refractivity contribution is 0.0524. The van der Waals surface area contributed by atoms with Crippen LogP contribution in [0.5, 0.6) is 0 Å². The Hall–Kier alpha value is -3.63. The standard InChI is InChI=1S/C25H36N4O7/c1-24(2,3)35-22(31)27-12-9-8-10-14-29(23(32)36-25(4,5)6)19-15-17(11-13-26-19)20-28-18(16-34-20)21(30)33-7/h11,13,15-16H,8-10,12,14H2,1-7H3,(H,27,31). The summed E-state index contributed by atoms with van der Waals surface area (Å²) in [6.45, 7) is 11.6. The lowest BCUT2D eigenvalue weighted by Crippen LogP contribution is -2.38. The van der Waals surface area contributed by atoms with Gasteiger partial charge in [0.25, 0.3) is 0 Å². The number of methoxy groups -OCH3 is 1. The van der Waals surface area contributed by atoms with Crippen molar-refractivity contribution < 1.29 is 33.0 Å². The monoisotopic (exact) mass is 504 g/mol. The lowest BCUT2D eigenvalue weighted by atomic mass is 10.2. The molecule has 0 aromatic carbocycles. The summed E-state index contributed by atoms with van der Waals surface area (Å²) in [5.74, 6) is -0.0707. The van der Waals surface area contributed by atoms with Crippen LogP contribution in [0.25, 0.3) is 11.5 Å². The number of aromatic nitrogens is 2. The third-order valence-electron chi connectivity index (χ3n) is 4.51. The van der Waals surface area contributed by atoms with E-state index in [1.54, 1.807) is 53.7 Å². The van der Waals surface area contributed by atoms with Gasteiger partial charge in [0.05, 0.1) is 7.11 Å². The summed E-state index contributed by atoms with van der Waals surface area (Å²) in [5, 5.41) is 2.72. The Labute approximate surface area is 211 Å². The minimum absolute atomic E-state index is 0.0369. The SMILES string of the molecule is COC(=O)c1coc(-c2ccnc(N(CCCCCNC(=O)OC(C)(C)C)C(=O)OC(C)(C)C)c2)n1. The Balaban J connectivity index is 2.06. The predicted octanol–water partition coefficient (Wildman–Crippen LogP) is 4.96. The van der Waals surface area contributed by atoms with Crippen molar-refractivity contribution in [2.24, 2.45) is 0 Å². The fraction of sp³-hybridized carbons (Fsp3) is 0.560. The topological polar surface area (TPSA) is 133 Å². The van der Waals surface area contributed by atoms with Crippen molar-refractivity contribution in [2.45, 2.75) is 72.0 Å². The molecule has 0 saturated heterocycles. The van der Waals surface area contributed by atoms with Gasteiger partial charge in [-0.15, -0.1) is 0 Å². The van der Waals surface area contributed by atoms with Gasteiger partial charge in [-0.3, -0.25) is 4.90 Å². The molecule has 198 valence electrons. The molecule has 36 heavy (non-hydrogen) atoms. The zero-order valence-electron chi connectivity index (χ0n) is 22.0. The predicted molar refractivity (Wildman–Crippen MR) is 133 cm³/mol. The zero-order valence-corrected chi connectivity index (χ0v) is 22.0. The number of carbonyl (C=O) groups excluding carboxylic acids is 3. The van der Waals surface area contributed by atoms with E-state index in [-0.39, 0.29) is 11.6 Å². The number of nitrogens with zero attached hydrogens (tertiary/aromatic N) is 3. The third-order valence-corrected chi connectivity index (χ3v) is 4.51. The van der Waals surface area contributed by atoms with Crippen LogP contribution in [0, 0.1) is 0 Å².